The normalized spacial score (nSPS) is 10.3. The van der Waals surface area contributed by atoms with Crippen LogP contribution in [-0.4, -0.2) is 26.9 Å². The van der Waals surface area contributed by atoms with E-state index in [-0.39, 0.29) is 0 Å². The van der Waals surface area contributed by atoms with Crippen LogP contribution in [-0.2, 0) is 11.2 Å². The van der Waals surface area contributed by atoms with Crippen molar-refractivity contribution in [3.63, 3.8) is 0 Å². The third-order valence-corrected chi connectivity index (χ3v) is 2.51. The number of methoxy groups -OCH3 is 1. The van der Waals surface area contributed by atoms with Crippen molar-refractivity contribution in [2.24, 2.45) is 5.73 Å². The Labute approximate surface area is 98.7 Å². The van der Waals surface area contributed by atoms with Gasteiger partial charge in [-0.3, -0.25) is 0 Å². The maximum Gasteiger partial charge on any atom is 0.122 e. The second-order valence-electron chi connectivity index (χ2n) is 3.11. The summed E-state index contributed by atoms with van der Waals surface area (Å²) < 4.78 is 11.6. The van der Waals surface area contributed by atoms with Crippen LogP contribution >= 0.6 is 15.9 Å². The molecule has 0 unspecified atom stereocenters. The molecule has 1 aromatic carbocycles. The average Bonchev–Trinajstić information content (AvgIpc) is 2.25. The predicted octanol–water partition coefficient (Wildman–Crippen LogP) is 1.98. The molecule has 0 saturated carbocycles. The summed E-state index contributed by atoms with van der Waals surface area (Å²) in [6, 6.07) is 5.95. The van der Waals surface area contributed by atoms with Crippen LogP contribution in [0.3, 0.4) is 0 Å². The number of hydrogen-bond acceptors (Lipinski definition) is 3. The quantitative estimate of drug-likeness (QED) is 0.807. The van der Waals surface area contributed by atoms with Gasteiger partial charge in [-0.1, -0.05) is 15.9 Å². The van der Waals surface area contributed by atoms with Gasteiger partial charge in [0.05, 0.1) is 20.3 Å². The Morgan fingerprint density at radius 3 is 2.80 bits per heavy atom. The highest BCUT2D eigenvalue weighted by atomic mass is 79.9. The Kier molecular flexibility index (Phi) is 5.68. The van der Waals surface area contributed by atoms with Crippen molar-refractivity contribution in [1.82, 2.24) is 0 Å². The van der Waals surface area contributed by atoms with E-state index < -0.39 is 0 Å². The Bertz CT molecular complexity index is 305. The molecule has 0 aliphatic rings. The van der Waals surface area contributed by atoms with Crippen LogP contribution in [0.2, 0.25) is 0 Å². The lowest BCUT2D eigenvalue weighted by atomic mass is 10.1. The SMILES string of the molecule is COc1ccc(Br)cc1CCOCCN. The van der Waals surface area contributed by atoms with Gasteiger partial charge in [0.2, 0.25) is 0 Å². The third kappa shape index (κ3) is 4.20. The molecule has 0 spiro atoms. The number of nitrogens with two attached hydrogens (primary N) is 1. The molecule has 1 aromatic rings. The van der Waals surface area contributed by atoms with E-state index in [0.29, 0.717) is 19.8 Å². The van der Waals surface area contributed by atoms with Crippen LogP contribution in [0.1, 0.15) is 5.56 Å². The fourth-order valence-electron chi connectivity index (χ4n) is 1.31. The van der Waals surface area contributed by atoms with Gasteiger partial charge < -0.3 is 15.2 Å². The van der Waals surface area contributed by atoms with Gasteiger partial charge in [-0.05, 0) is 30.2 Å². The van der Waals surface area contributed by atoms with Gasteiger partial charge in [-0.15, -0.1) is 0 Å². The molecule has 0 bridgehead atoms. The van der Waals surface area contributed by atoms with Gasteiger partial charge in [0, 0.05) is 11.0 Å². The lowest BCUT2D eigenvalue weighted by molar-refractivity contribution is 0.144. The second-order valence-corrected chi connectivity index (χ2v) is 4.02. The third-order valence-electron chi connectivity index (χ3n) is 2.02. The molecule has 0 aromatic heterocycles. The van der Waals surface area contributed by atoms with Crippen LogP contribution in [0.25, 0.3) is 0 Å². The minimum absolute atomic E-state index is 0.565. The summed E-state index contributed by atoms with van der Waals surface area (Å²) in [4.78, 5) is 0. The summed E-state index contributed by atoms with van der Waals surface area (Å²) in [7, 11) is 1.67. The zero-order valence-electron chi connectivity index (χ0n) is 8.83. The van der Waals surface area contributed by atoms with Crippen LogP contribution in [0.5, 0.6) is 5.75 Å². The standard InChI is InChI=1S/C11H16BrNO2/c1-14-11-3-2-10(12)8-9(11)4-6-15-7-5-13/h2-3,8H,4-7,13H2,1H3. The number of benzene rings is 1. The molecule has 0 atom stereocenters. The van der Waals surface area contributed by atoms with Gasteiger partial charge in [-0.2, -0.15) is 0 Å². The Balaban J connectivity index is 2.54. The van der Waals surface area contributed by atoms with Crippen LogP contribution in [0.4, 0.5) is 0 Å². The van der Waals surface area contributed by atoms with Crippen molar-refractivity contribution in [2.75, 3.05) is 26.9 Å². The van der Waals surface area contributed by atoms with Crippen molar-refractivity contribution in [3.05, 3.63) is 28.2 Å². The topological polar surface area (TPSA) is 44.5 Å². The maximum absolute atomic E-state index is 5.33. The molecule has 0 heterocycles. The highest BCUT2D eigenvalue weighted by Gasteiger charge is 2.03. The Morgan fingerprint density at radius 2 is 2.13 bits per heavy atom. The van der Waals surface area contributed by atoms with Crippen molar-refractivity contribution in [3.8, 4) is 5.75 Å². The van der Waals surface area contributed by atoms with E-state index in [2.05, 4.69) is 15.9 Å². The second kappa shape index (κ2) is 6.82. The molecular weight excluding hydrogens is 258 g/mol. The van der Waals surface area contributed by atoms with E-state index in [4.69, 9.17) is 15.2 Å². The zero-order chi connectivity index (χ0) is 11.1. The minimum Gasteiger partial charge on any atom is -0.496 e. The van der Waals surface area contributed by atoms with Gasteiger partial charge in [0.1, 0.15) is 5.75 Å². The first-order valence-electron chi connectivity index (χ1n) is 4.88. The lowest BCUT2D eigenvalue weighted by Crippen LogP contribution is -2.10. The van der Waals surface area contributed by atoms with E-state index in [1.807, 2.05) is 18.2 Å². The van der Waals surface area contributed by atoms with Gasteiger partial charge in [0.15, 0.2) is 0 Å². The summed E-state index contributed by atoms with van der Waals surface area (Å²) in [5, 5.41) is 0. The predicted molar refractivity (Wildman–Crippen MR) is 64.3 cm³/mol. The average molecular weight is 274 g/mol. The Hall–Kier alpha value is -0.580. The van der Waals surface area contributed by atoms with Gasteiger partial charge in [0.25, 0.3) is 0 Å². The van der Waals surface area contributed by atoms with E-state index in [9.17, 15) is 0 Å². The van der Waals surface area contributed by atoms with E-state index in [1.165, 1.54) is 0 Å². The summed E-state index contributed by atoms with van der Waals surface area (Å²) in [5.74, 6) is 0.898. The molecule has 4 heteroatoms. The van der Waals surface area contributed by atoms with Gasteiger partial charge in [-0.25, -0.2) is 0 Å². The summed E-state index contributed by atoms with van der Waals surface area (Å²) in [6.07, 6.45) is 0.836. The smallest absolute Gasteiger partial charge is 0.122 e. The Morgan fingerprint density at radius 1 is 1.33 bits per heavy atom. The summed E-state index contributed by atoms with van der Waals surface area (Å²) in [6.45, 7) is 1.84. The maximum atomic E-state index is 5.33. The molecule has 15 heavy (non-hydrogen) atoms. The van der Waals surface area contributed by atoms with Crippen molar-refractivity contribution >= 4 is 15.9 Å². The number of halogens is 1. The first kappa shape index (κ1) is 12.5. The summed E-state index contributed by atoms with van der Waals surface area (Å²) >= 11 is 3.43. The highest BCUT2D eigenvalue weighted by molar-refractivity contribution is 9.10. The van der Waals surface area contributed by atoms with Crippen molar-refractivity contribution < 1.29 is 9.47 Å². The number of hydrogen-bond donors (Lipinski definition) is 1. The molecular formula is C11H16BrNO2. The molecule has 0 fully saturated rings. The minimum atomic E-state index is 0.565. The van der Waals surface area contributed by atoms with E-state index in [1.54, 1.807) is 7.11 Å². The zero-order valence-corrected chi connectivity index (χ0v) is 10.4. The van der Waals surface area contributed by atoms with Crippen LogP contribution in [0.15, 0.2) is 22.7 Å². The molecule has 1 rings (SSSR count). The fourth-order valence-corrected chi connectivity index (χ4v) is 1.72. The van der Waals surface area contributed by atoms with E-state index in [0.717, 1.165) is 22.2 Å². The van der Waals surface area contributed by atoms with E-state index >= 15 is 0 Å². The number of rotatable bonds is 6. The monoisotopic (exact) mass is 273 g/mol. The highest BCUT2D eigenvalue weighted by Crippen LogP contribution is 2.23. The lowest BCUT2D eigenvalue weighted by Gasteiger charge is -2.09. The van der Waals surface area contributed by atoms with Crippen LogP contribution < -0.4 is 10.5 Å². The molecule has 3 nitrogen and oxygen atoms in total. The first-order chi connectivity index (χ1) is 7.27. The van der Waals surface area contributed by atoms with Crippen LogP contribution in [0, 0.1) is 0 Å². The van der Waals surface area contributed by atoms with Crippen molar-refractivity contribution in [2.45, 2.75) is 6.42 Å². The summed E-state index contributed by atoms with van der Waals surface area (Å²) in [5.41, 5.74) is 6.47. The first-order valence-corrected chi connectivity index (χ1v) is 5.67. The molecule has 0 radical (unpaired) electrons. The molecule has 84 valence electrons. The largest absolute Gasteiger partial charge is 0.496 e. The molecule has 0 aliphatic heterocycles. The fraction of sp³-hybridized carbons (Fsp3) is 0.455. The molecule has 0 aliphatic carbocycles. The van der Waals surface area contributed by atoms with Crippen molar-refractivity contribution in [1.29, 1.82) is 0 Å². The molecule has 0 saturated heterocycles. The number of ether oxygens (including phenoxy) is 2. The van der Waals surface area contributed by atoms with Gasteiger partial charge >= 0.3 is 0 Å². The molecule has 0 amide bonds. The molecule has 2 N–H and O–H groups in total.